The molecule has 0 bridgehead atoms. The number of fused-ring (bicyclic) bond motifs is 1. The van der Waals surface area contributed by atoms with Gasteiger partial charge in [-0.3, -0.25) is 0 Å². The average molecular weight is 342 g/mol. The van der Waals surface area contributed by atoms with Gasteiger partial charge in [-0.2, -0.15) is 0 Å². The minimum absolute atomic E-state index is 0.0565. The lowest BCUT2D eigenvalue weighted by Gasteiger charge is -2.28. The van der Waals surface area contributed by atoms with Crippen LogP contribution in [-0.2, 0) is 11.3 Å². The van der Waals surface area contributed by atoms with Gasteiger partial charge in [-0.15, -0.1) is 0 Å². The number of nitrogens with zero attached hydrogens (tertiary/aromatic N) is 3. The fourth-order valence-electron chi connectivity index (χ4n) is 3.17. The Morgan fingerprint density at radius 3 is 2.92 bits per heavy atom. The Morgan fingerprint density at radius 1 is 1.36 bits per heavy atom. The molecule has 25 heavy (non-hydrogen) atoms. The van der Waals surface area contributed by atoms with Crippen molar-refractivity contribution in [2.24, 2.45) is 5.16 Å². The fourth-order valence-corrected chi connectivity index (χ4v) is 3.17. The van der Waals surface area contributed by atoms with Crippen molar-refractivity contribution in [2.75, 3.05) is 12.3 Å². The molecule has 0 radical (unpaired) electrons. The van der Waals surface area contributed by atoms with E-state index < -0.39 is 0 Å². The molecule has 0 aliphatic heterocycles. The molecule has 0 saturated heterocycles. The number of unbranched alkanes of at least 4 members (excludes halogenated alkanes) is 1. The second-order valence-electron chi connectivity index (χ2n) is 6.37. The summed E-state index contributed by atoms with van der Waals surface area (Å²) in [6.45, 7) is 2.73. The Kier molecular flexibility index (Phi) is 5.58. The highest BCUT2D eigenvalue weighted by molar-refractivity contribution is 5.68. The minimum atomic E-state index is -0.228. The van der Waals surface area contributed by atoms with E-state index in [1.165, 1.54) is 12.1 Å². The molecule has 2 N–H and O–H groups in total. The second kappa shape index (κ2) is 8.05. The molecule has 1 heterocycles. The molecule has 2 atom stereocenters. The molecule has 6 heteroatoms. The van der Waals surface area contributed by atoms with Crippen LogP contribution < -0.4 is 5.73 Å². The largest absolute Gasteiger partial charge is 0.396 e. The maximum absolute atomic E-state index is 13.2. The van der Waals surface area contributed by atoms with Crippen LogP contribution in [-0.4, -0.2) is 22.8 Å². The van der Waals surface area contributed by atoms with Crippen LogP contribution >= 0.6 is 0 Å². The zero-order chi connectivity index (χ0) is 17.6. The molecule has 1 aliphatic rings. The van der Waals surface area contributed by atoms with Crippen LogP contribution in [0.15, 0.2) is 35.6 Å². The molecule has 1 aromatic carbocycles. The van der Waals surface area contributed by atoms with Crippen LogP contribution in [0.2, 0.25) is 0 Å². The maximum atomic E-state index is 13.2. The SMILES string of the molecule is CCCCON=CC1CC(c2ccc(F)cc2)Cc2nc(N)ncc21. The van der Waals surface area contributed by atoms with Gasteiger partial charge in [0.15, 0.2) is 0 Å². The summed E-state index contributed by atoms with van der Waals surface area (Å²) in [5, 5.41) is 4.12. The van der Waals surface area contributed by atoms with Gasteiger partial charge in [0.2, 0.25) is 5.95 Å². The molecular weight excluding hydrogens is 319 g/mol. The summed E-state index contributed by atoms with van der Waals surface area (Å²) in [5.74, 6) is 0.331. The predicted molar refractivity (Wildman–Crippen MR) is 96.0 cm³/mol. The highest BCUT2D eigenvalue weighted by atomic mass is 19.1. The van der Waals surface area contributed by atoms with Crippen LogP contribution in [0.3, 0.4) is 0 Å². The van der Waals surface area contributed by atoms with E-state index >= 15 is 0 Å². The van der Waals surface area contributed by atoms with E-state index in [2.05, 4.69) is 22.0 Å². The summed E-state index contributed by atoms with van der Waals surface area (Å²) in [6, 6.07) is 6.66. The molecule has 0 amide bonds. The van der Waals surface area contributed by atoms with Crippen LogP contribution in [0.5, 0.6) is 0 Å². The number of nitrogen functional groups attached to an aromatic ring is 1. The molecule has 132 valence electrons. The first-order valence-electron chi connectivity index (χ1n) is 8.69. The van der Waals surface area contributed by atoms with Crippen molar-refractivity contribution >= 4 is 12.2 Å². The highest BCUT2D eigenvalue weighted by Crippen LogP contribution is 2.38. The summed E-state index contributed by atoms with van der Waals surface area (Å²) in [7, 11) is 0. The van der Waals surface area contributed by atoms with E-state index in [1.54, 1.807) is 6.20 Å². The molecule has 2 unspecified atom stereocenters. The molecule has 0 saturated carbocycles. The van der Waals surface area contributed by atoms with E-state index in [4.69, 9.17) is 10.6 Å². The third kappa shape index (κ3) is 4.32. The van der Waals surface area contributed by atoms with E-state index in [0.29, 0.717) is 6.61 Å². The van der Waals surface area contributed by atoms with Gasteiger partial charge in [0.1, 0.15) is 12.4 Å². The topological polar surface area (TPSA) is 73.4 Å². The van der Waals surface area contributed by atoms with E-state index in [9.17, 15) is 4.39 Å². The van der Waals surface area contributed by atoms with Gasteiger partial charge in [-0.05, 0) is 42.9 Å². The number of benzene rings is 1. The Labute approximate surface area is 147 Å². The lowest BCUT2D eigenvalue weighted by atomic mass is 9.77. The number of oxime groups is 1. The lowest BCUT2D eigenvalue weighted by Crippen LogP contribution is -2.21. The quantitative estimate of drug-likeness (QED) is 0.492. The third-order valence-corrected chi connectivity index (χ3v) is 4.54. The zero-order valence-electron chi connectivity index (χ0n) is 14.4. The first-order valence-corrected chi connectivity index (χ1v) is 8.69. The number of anilines is 1. The van der Waals surface area contributed by atoms with Gasteiger partial charge < -0.3 is 10.6 Å². The Hall–Kier alpha value is -2.50. The lowest BCUT2D eigenvalue weighted by molar-refractivity contribution is 0.141. The number of hydrogen-bond acceptors (Lipinski definition) is 5. The van der Waals surface area contributed by atoms with Crippen LogP contribution in [0.4, 0.5) is 10.3 Å². The van der Waals surface area contributed by atoms with Crippen molar-refractivity contribution in [3.05, 3.63) is 53.1 Å². The molecule has 0 fully saturated rings. The van der Waals surface area contributed by atoms with Crippen LogP contribution in [0.25, 0.3) is 0 Å². The summed E-state index contributed by atoms with van der Waals surface area (Å²) in [5.41, 5.74) is 8.81. The van der Waals surface area contributed by atoms with Gasteiger partial charge in [0, 0.05) is 17.7 Å². The summed E-state index contributed by atoms with van der Waals surface area (Å²) in [6.07, 6.45) is 7.27. The molecule has 0 spiro atoms. The van der Waals surface area contributed by atoms with E-state index in [0.717, 1.165) is 42.5 Å². The minimum Gasteiger partial charge on any atom is -0.396 e. The van der Waals surface area contributed by atoms with Gasteiger partial charge in [0.05, 0.1) is 11.9 Å². The first kappa shape index (κ1) is 17.3. The predicted octanol–water partition coefficient (Wildman–Crippen LogP) is 3.81. The standard InChI is InChI=1S/C19H23FN4O/c1-2-3-8-25-23-11-15-9-14(13-4-6-16(20)7-5-13)10-18-17(15)12-22-19(21)24-18/h4-7,11-12,14-15H,2-3,8-10H2,1H3,(H2,21,22,24). The molecule has 1 aliphatic carbocycles. The normalized spacial score (nSPS) is 19.8. The smallest absolute Gasteiger partial charge is 0.220 e. The van der Waals surface area contributed by atoms with Gasteiger partial charge in [-0.25, -0.2) is 14.4 Å². The molecule has 1 aromatic heterocycles. The monoisotopic (exact) mass is 342 g/mol. The molecule has 2 aromatic rings. The van der Waals surface area contributed by atoms with Crippen molar-refractivity contribution in [3.63, 3.8) is 0 Å². The summed E-state index contributed by atoms with van der Waals surface area (Å²) in [4.78, 5) is 13.9. The number of nitrogens with two attached hydrogens (primary N) is 1. The van der Waals surface area contributed by atoms with Gasteiger partial charge >= 0.3 is 0 Å². The Balaban J connectivity index is 1.82. The number of halogens is 1. The van der Waals surface area contributed by atoms with Crippen molar-refractivity contribution in [3.8, 4) is 0 Å². The van der Waals surface area contributed by atoms with Crippen molar-refractivity contribution in [2.45, 2.75) is 44.4 Å². The van der Waals surface area contributed by atoms with E-state index in [-0.39, 0.29) is 23.6 Å². The van der Waals surface area contributed by atoms with E-state index in [1.807, 2.05) is 18.3 Å². The average Bonchev–Trinajstić information content (AvgIpc) is 2.61. The van der Waals surface area contributed by atoms with Crippen LogP contribution in [0.1, 0.15) is 54.8 Å². The van der Waals surface area contributed by atoms with Crippen molar-refractivity contribution < 1.29 is 9.23 Å². The van der Waals surface area contributed by atoms with Crippen molar-refractivity contribution in [1.29, 1.82) is 0 Å². The van der Waals surface area contributed by atoms with Gasteiger partial charge in [-0.1, -0.05) is 30.6 Å². The summed E-state index contributed by atoms with van der Waals surface area (Å²) >= 11 is 0. The number of aromatic nitrogens is 2. The molecular formula is C19H23FN4O. The first-order chi connectivity index (χ1) is 12.2. The second-order valence-corrected chi connectivity index (χ2v) is 6.37. The third-order valence-electron chi connectivity index (χ3n) is 4.54. The van der Waals surface area contributed by atoms with Crippen LogP contribution in [0, 0.1) is 5.82 Å². The Morgan fingerprint density at radius 2 is 2.16 bits per heavy atom. The maximum Gasteiger partial charge on any atom is 0.220 e. The number of hydrogen-bond donors (Lipinski definition) is 1. The zero-order valence-corrected chi connectivity index (χ0v) is 14.4. The fraction of sp³-hybridized carbons (Fsp3) is 0.421. The van der Waals surface area contributed by atoms with Crippen molar-refractivity contribution in [1.82, 2.24) is 9.97 Å². The number of rotatable bonds is 6. The van der Waals surface area contributed by atoms with Gasteiger partial charge in [0.25, 0.3) is 0 Å². The summed E-state index contributed by atoms with van der Waals surface area (Å²) < 4.78 is 13.2. The molecule has 5 nitrogen and oxygen atoms in total. The molecule has 3 rings (SSSR count). The highest BCUT2D eigenvalue weighted by Gasteiger charge is 2.29. The Bertz CT molecular complexity index is 733.